The second-order valence-electron chi connectivity index (χ2n) is 5.91. The normalized spacial score (nSPS) is 13.5. The summed E-state index contributed by atoms with van der Waals surface area (Å²) in [7, 11) is 0. The molecule has 0 spiro atoms. The van der Waals surface area contributed by atoms with Crippen molar-refractivity contribution in [2.24, 2.45) is 0 Å². The Morgan fingerprint density at radius 3 is 2.20 bits per heavy atom. The molecule has 130 valence electrons. The van der Waals surface area contributed by atoms with Crippen LogP contribution in [0.1, 0.15) is 69.6 Å². The van der Waals surface area contributed by atoms with Crippen LogP contribution < -0.4 is 0 Å². The number of hydrogen-bond acceptors (Lipinski definition) is 5. The molecule has 3 rings (SSSR count). The summed E-state index contributed by atoms with van der Waals surface area (Å²) >= 11 is 0. The van der Waals surface area contributed by atoms with E-state index in [9.17, 15) is 14.4 Å². The summed E-state index contributed by atoms with van der Waals surface area (Å²) in [5.74, 6) is -2.06. The highest BCUT2D eigenvalue weighted by Gasteiger charge is 2.39. The van der Waals surface area contributed by atoms with Gasteiger partial charge >= 0.3 is 5.97 Å². The molecule has 0 bridgehead atoms. The summed E-state index contributed by atoms with van der Waals surface area (Å²) in [4.78, 5) is 42.3. The number of carbonyl (C=O) groups excluding carboxylic acids is 3. The number of nitrogens with zero attached hydrogens (tertiary/aromatic N) is 3. The van der Waals surface area contributed by atoms with Crippen molar-refractivity contribution in [2.45, 2.75) is 39.7 Å². The molecular weight excluding hydrogens is 322 g/mol. The Morgan fingerprint density at radius 2 is 1.68 bits per heavy atom. The molecule has 2 amide bonds. The minimum absolute atomic E-state index is 0.0402. The van der Waals surface area contributed by atoms with E-state index in [0.29, 0.717) is 10.8 Å². The van der Waals surface area contributed by atoms with E-state index in [2.05, 4.69) is 5.10 Å². The summed E-state index contributed by atoms with van der Waals surface area (Å²) in [5, 5.41) is 4.87. The molecule has 0 fully saturated rings. The fraction of sp³-hybridized carbons (Fsp3) is 0.333. The van der Waals surface area contributed by atoms with Crippen LogP contribution in [-0.4, -0.2) is 32.6 Å². The molecule has 0 atom stereocenters. The number of aryl methyl sites for hydroxylation is 1. The van der Waals surface area contributed by atoms with E-state index in [0.717, 1.165) is 12.8 Å². The van der Waals surface area contributed by atoms with Crippen LogP contribution in [0.5, 0.6) is 0 Å². The van der Waals surface area contributed by atoms with Gasteiger partial charge in [0.25, 0.3) is 11.8 Å². The maximum atomic E-state index is 12.6. The molecule has 7 nitrogen and oxygen atoms in total. The maximum Gasteiger partial charge on any atom is 0.381 e. The van der Waals surface area contributed by atoms with E-state index in [4.69, 9.17) is 4.84 Å². The number of rotatable bonds is 5. The number of imide groups is 1. The zero-order valence-corrected chi connectivity index (χ0v) is 14.4. The lowest BCUT2D eigenvalue weighted by molar-refractivity contribution is -0.0593. The third-order valence-corrected chi connectivity index (χ3v) is 4.29. The number of hydroxylamine groups is 2. The molecule has 1 aliphatic heterocycles. The molecule has 0 aliphatic carbocycles. The second-order valence-corrected chi connectivity index (χ2v) is 5.91. The summed E-state index contributed by atoms with van der Waals surface area (Å²) < 4.78 is 1.61. The molecule has 1 aromatic heterocycles. The Kier molecular flexibility index (Phi) is 4.39. The third-order valence-electron chi connectivity index (χ3n) is 4.29. The molecule has 0 saturated heterocycles. The van der Waals surface area contributed by atoms with Gasteiger partial charge in [-0.3, -0.25) is 14.3 Å². The Bertz CT molecular complexity index is 817. The van der Waals surface area contributed by atoms with E-state index in [1.165, 1.54) is 12.1 Å². The Balaban J connectivity index is 1.87. The minimum Gasteiger partial charge on any atom is -0.323 e. The van der Waals surface area contributed by atoms with Gasteiger partial charge in [0.05, 0.1) is 22.9 Å². The van der Waals surface area contributed by atoms with Gasteiger partial charge in [-0.05, 0) is 38.0 Å². The highest BCUT2D eigenvalue weighted by atomic mass is 16.7. The number of aromatic nitrogens is 2. The molecule has 0 saturated carbocycles. The average Bonchev–Trinajstić information content (AvgIpc) is 3.10. The first-order valence-corrected chi connectivity index (χ1v) is 8.24. The van der Waals surface area contributed by atoms with Gasteiger partial charge in [0.2, 0.25) is 0 Å². The monoisotopic (exact) mass is 341 g/mol. The predicted octanol–water partition coefficient (Wildman–Crippen LogP) is 2.92. The lowest BCUT2D eigenvalue weighted by Gasteiger charge is -2.17. The topological polar surface area (TPSA) is 81.5 Å². The van der Waals surface area contributed by atoms with Gasteiger partial charge in [-0.2, -0.15) is 5.10 Å². The number of hydrogen-bond donors (Lipinski definition) is 0. The first-order chi connectivity index (χ1) is 12.0. The summed E-state index contributed by atoms with van der Waals surface area (Å²) in [6, 6.07) is 8.00. The Labute approximate surface area is 145 Å². The van der Waals surface area contributed by atoms with Gasteiger partial charge in [0.15, 0.2) is 0 Å². The summed E-state index contributed by atoms with van der Waals surface area (Å²) in [6.07, 6.45) is 1.59. The van der Waals surface area contributed by atoms with Crippen molar-refractivity contribution in [1.29, 1.82) is 0 Å². The fourth-order valence-electron chi connectivity index (χ4n) is 2.96. The van der Waals surface area contributed by atoms with Gasteiger partial charge < -0.3 is 4.84 Å². The van der Waals surface area contributed by atoms with Crippen LogP contribution in [0.15, 0.2) is 30.3 Å². The van der Waals surface area contributed by atoms with Gasteiger partial charge in [-0.1, -0.05) is 31.0 Å². The van der Waals surface area contributed by atoms with E-state index < -0.39 is 17.8 Å². The standard InChI is InChI=1S/C18H19N3O4/c1-4-12(5-2)20-15(10-11(3)19-20)18(24)25-21-16(22)13-8-6-7-9-14(13)17(21)23/h6-10,12H,4-5H2,1-3H3. The molecule has 2 heterocycles. The highest BCUT2D eigenvalue weighted by Crippen LogP contribution is 2.24. The summed E-state index contributed by atoms with van der Waals surface area (Å²) in [5.41, 5.74) is 1.35. The van der Waals surface area contributed by atoms with Gasteiger partial charge in [0.1, 0.15) is 5.69 Å². The highest BCUT2D eigenvalue weighted by molar-refractivity contribution is 6.21. The predicted molar refractivity (Wildman–Crippen MR) is 88.9 cm³/mol. The van der Waals surface area contributed by atoms with Crippen molar-refractivity contribution < 1.29 is 19.2 Å². The number of carbonyl (C=O) groups is 3. The van der Waals surface area contributed by atoms with Gasteiger partial charge in [-0.25, -0.2) is 4.79 Å². The quantitative estimate of drug-likeness (QED) is 0.781. The van der Waals surface area contributed by atoms with Gasteiger partial charge in [-0.15, -0.1) is 0 Å². The molecule has 0 unspecified atom stereocenters. The second kappa shape index (κ2) is 6.51. The first kappa shape index (κ1) is 16.9. The minimum atomic E-state index is -0.776. The average molecular weight is 341 g/mol. The SMILES string of the molecule is CCC(CC)n1nc(C)cc1C(=O)ON1C(=O)c2ccccc2C1=O. The Hall–Kier alpha value is -2.96. The number of amides is 2. The van der Waals surface area contributed by atoms with Crippen LogP contribution in [0.2, 0.25) is 0 Å². The molecular formula is C18H19N3O4. The van der Waals surface area contributed by atoms with Crippen LogP contribution in [-0.2, 0) is 4.84 Å². The lowest BCUT2D eigenvalue weighted by atomic mass is 10.1. The van der Waals surface area contributed by atoms with Crippen LogP contribution in [0.3, 0.4) is 0 Å². The van der Waals surface area contributed by atoms with Crippen molar-refractivity contribution in [2.75, 3.05) is 0 Å². The van der Waals surface area contributed by atoms with Gasteiger partial charge in [0, 0.05) is 0 Å². The van der Waals surface area contributed by atoms with Crippen LogP contribution in [0.4, 0.5) is 0 Å². The molecule has 0 N–H and O–H groups in total. The van der Waals surface area contributed by atoms with E-state index in [1.54, 1.807) is 29.8 Å². The molecule has 2 aromatic rings. The van der Waals surface area contributed by atoms with E-state index in [-0.39, 0.29) is 22.9 Å². The smallest absolute Gasteiger partial charge is 0.323 e. The fourth-order valence-corrected chi connectivity index (χ4v) is 2.96. The zero-order chi connectivity index (χ0) is 18.1. The van der Waals surface area contributed by atoms with Crippen LogP contribution in [0, 0.1) is 6.92 Å². The molecule has 1 aromatic carbocycles. The largest absolute Gasteiger partial charge is 0.381 e. The number of benzene rings is 1. The Morgan fingerprint density at radius 1 is 1.12 bits per heavy atom. The summed E-state index contributed by atoms with van der Waals surface area (Å²) in [6.45, 7) is 5.78. The van der Waals surface area contributed by atoms with Crippen molar-refractivity contribution in [3.05, 3.63) is 52.8 Å². The zero-order valence-electron chi connectivity index (χ0n) is 14.4. The van der Waals surface area contributed by atoms with E-state index >= 15 is 0 Å². The maximum absolute atomic E-state index is 12.6. The third kappa shape index (κ3) is 2.82. The molecule has 1 aliphatic rings. The molecule has 25 heavy (non-hydrogen) atoms. The molecule has 0 radical (unpaired) electrons. The van der Waals surface area contributed by atoms with Crippen molar-refractivity contribution in [1.82, 2.24) is 14.8 Å². The first-order valence-electron chi connectivity index (χ1n) is 8.24. The number of fused-ring (bicyclic) bond motifs is 1. The van der Waals surface area contributed by atoms with Crippen molar-refractivity contribution in [3.63, 3.8) is 0 Å². The lowest BCUT2D eigenvalue weighted by Crippen LogP contribution is -2.33. The van der Waals surface area contributed by atoms with Crippen LogP contribution >= 0.6 is 0 Å². The van der Waals surface area contributed by atoms with Crippen molar-refractivity contribution >= 4 is 17.8 Å². The van der Waals surface area contributed by atoms with Crippen molar-refractivity contribution in [3.8, 4) is 0 Å². The van der Waals surface area contributed by atoms with Crippen LogP contribution in [0.25, 0.3) is 0 Å². The molecule has 7 heteroatoms. The van der Waals surface area contributed by atoms with E-state index in [1.807, 2.05) is 13.8 Å².